The predicted molar refractivity (Wildman–Crippen MR) is 111 cm³/mol. The first kappa shape index (κ1) is 19.4. The molecule has 0 aliphatic carbocycles. The Morgan fingerprint density at radius 2 is 1.71 bits per heavy atom. The molecule has 0 spiro atoms. The molecule has 2 amide bonds. The van der Waals surface area contributed by atoms with Crippen molar-refractivity contribution in [3.05, 3.63) is 65.4 Å². The number of carbonyl (C=O) groups is 1. The fourth-order valence-corrected chi connectivity index (χ4v) is 2.47. The van der Waals surface area contributed by atoms with E-state index in [1.54, 1.807) is 24.5 Å². The second-order valence-electron chi connectivity index (χ2n) is 5.94. The minimum absolute atomic E-state index is 0.301. The predicted octanol–water partition coefficient (Wildman–Crippen LogP) is 3.81. The molecule has 2 heterocycles. The average molecular weight is 398 g/mol. The van der Waals surface area contributed by atoms with Crippen LogP contribution in [0.15, 0.2) is 54.9 Å². The minimum Gasteiger partial charge on any atom is -0.367 e. The summed E-state index contributed by atoms with van der Waals surface area (Å²) in [6.45, 7) is 2.83. The molecule has 1 aromatic carbocycles. The summed E-state index contributed by atoms with van der Waals surface area (Å²) >= 11 is 6.05. The van der Waals surface area contributed by atoms with Crippen LogP contribution in [0.5, 0.6) is 0 Å². The highest BCUT2D eigenvalue weighted by Crippen LogP contribution is 2.19. The number of anilines is 4. The first-order valence-corrected chi connectivity index (χ1v) is 9.03. The van der Waals surface area contributed by atoms with E-state index >= 15 is 0 Å². The van der Waals surface area contributed by atoms with Crippen molar-refractivity contribution in [2.24, 2.45) is 0 Å². The molecule has 0 saturated heterocycles. The maximum Gasteiger partial charge on any atom is 0.319 e. The molecule has 0 bridgehead atoms. The molecule has 0 aliphatic heterocycles. The van der Waals surface area contributed by atoms with Crippen LogP contribution in [0.1, 0.15) is 5.56 Å². The van der Waals surface area contributed by atoms with Crippen LogP contribution >= 0.6 is 11.6 Å². The van der Waals surface area contributed by atoms with Gasteiger partial charge in [0.25, 0.3) is 0 Å². The van der Waals surface area contributed by atoms with E-state index in [4.69, 9.17) is 11.6 Å². The first-order chi connectivity index (χ1) is 13.6. The number of urea groups is 1. The molecule has 3 rings (SSSR count). The summed E-state index contributed by atoms with van der Waals surface area (Å²) in [5.41, 5.74) is 2.49. The van der Waals surface area contributed by atoms with E-state index < -0.39 is 0 Å². The standard InChI is InChI=1S/C19H20ClN7O/c1-13-2-3-15(12-16(13)20)25-19(28)23-11-10-22-17-4-5-18(27-26-17)24-14-6-8-21-9-7-14/h2-9,12H,10-11H2,1H3,(H,22,26)(H,21,24,27)(H2,23,25,28). The topological polar surface area (TPSA) is 104 Å². The number of carbonyl (C=O) groups excluding carboxylic acids is 1. The third-order valence-electron chi connectivity index (χ3n) is 3.76. The number of nitrogens with one attached hydrogen (secondary N) is 4. The van der Waals surface area contributed by atoms with Crippen molar-refractivity contribution in [3.63, 3.8) is 0 Å². The number of benzene rings is 1. The lowest BCUT2D eigenvalue weighted by Crippen LogP contribution is -2.32. The molecule has 0 aliphatic rings. The van der Waals surface area contributed by atoms with Crippen molar-refractivity contribution in [1.29, 1.82) is 0 Å². The SMILES string of the molecule is Cc1ccc(NC(=O)NCCNc2ccc(Nc3ccncc3)nn2)cc1Cl. The number of hydrogen-bond donors (Lipinski definition) is 4. The van der Waals surface area contributed by atoms with Gasteiger partial charge in [0.1, 0.15) is 5.82 Å². The summed E-state index contributed by atoms with van der Waals surface area (Å²) in [7, 11) is 0. The number of aromatic nitrogens is 3. The van der Waals surface area contributed by atoms with E-state index in [0.29, 0.717) is 35.4 Å². The fourth-order valence-electron chi connectivity index (χ4n) is 2.29. The number of rotatable bonds is 7. The van der Waals surface area contributed by atoms with Crippen LogP contribution in [0.2, 0.25) is 5.02 Å². The number of hydrogen-bond acceptors (Lipinski definition) is 6. The summed E-state index contributed by atoms with van der Waals surface area (Å²) in [6.07, 6.45) is 3.39. The minimum atomic E-state index is -0.301. The molecule has 8 nitrogen and oxygen atoms in total. The number of halogens is 1. The Morgan fingerprint density at radius 3 is 2.43 bits per heavy atom. The van der Waals surface area contributed by atoms with Gasteiger partial charge in [0.15, 0.2) is 5.82 Å². The Balaban J connectivity index is 1.38. The van der Waals surface area contributed by atoms with E-state index in [-0.39, 0.29) is 6.03 Å². The zero-order valence-corrected chi connectivity index (χ0v) is 16.0. The Bertz CT molecular complexity index is 919. The van der Waals surface area contributed by atoms with Crippen molar-refractivity contribution in [2.75, 3.05) is 29.0 Å². The van der Waals surface area contributed by atoms with Crippen molar-refractivity contribution in [2.45, 2.75) is 6.92 Å². The van der Waals surface area contributed by atoms with Gasteiger partial charge in [-0.3, -0.25) is 4.98 Å². The Labute approximate surface area is 167 Å². The largest absolute Gasteiger partial charge is 0.367 e. The molecular weight excluding hydrogens is 378 g/mol. The number of amides is 2. The molecule has 4 N–H and O–H groups in total. The van der Waals surface area contributed by atoms with Crippen molar-refractivity contribution < 1.29 is 4.79 Å². The van der Waals surface area contributed by atoms with Crippen LogP contribution in [-0.2, 0) is 0 Å². The molecule has 0 saturated carbocycles. The van der Waals surface area contributed by atoms with Crippen LogP contribution in [0.4, 0.5) is 27.8 Å². The molecule has 144 valence electrons. The highest BCUT2D eigenvalue weighted by atomic mass is 35.5. The van der Waals surface area contributed by atoms with Gasteiger partial charge in [0.05, 0.1) is 0 Å². The van der Waals surface area contributed by atoms with E-state index in [1.807, 2.05) is 37.3 Å². The monoisotopic (exact) mass is 397 g/mol. The van der Waals surface area contributed by atoms with Crippen molar-refractivity contribution in [1.82, 2.24) is 20.5 Å². The fraction of sp³-hybridized carbons (Fsp3) is 0.158. The van der Waals surface area contributed by atoms with Gasteiger partial charge in [-0.05, 0) is 48.9 Å². The molecule has 0 unspecified atom stereocenters. The van der Waals surface area contributed by atoms with Crippen LogP contribution in [0, 0.1) is 6.92 Å². The molecule has 0 radical (unpaired) electrons. The van der Waals surface area contributed by atoms with Gasteiger partial charge in [0, 0.05) is 41.9 Å². The van der Waals surface area contributed by atoms with Crippen LogP contribution in [0.25, 0.3) is 0 Å². The summed E-state index contributed by atoms with van der Waals surface area (Å²) in [4.78, 5) is 15.9. The third kappa shape index (κ3) is 5.82. The first-order valence-electron chi connectivity index (χ1n) is 8.66. The van der Waals surface area contributed by atoms with Crippen molar-refractivity contribution in [3.8, 4) is 0 Å². The summed E-state index contributed by atoms with van der Waals surface area (Å²) in [5.74, 6) is 1.25. The zero-order chi connectivity index (χ0) is 19.8. The van der Waals surface area contributed by atoms with E-state index in [2.05, 4.69) is 36.4 Å². The van der Waals surface area contributed by atoms with Gasteiger partial charge in [-0.2, -0.15) is 0 Å². The maximum atomic E-state index is 11.9. The molecule has 0 fully saturated rings. The highest BCUT2D eigenvalue weighted by Gasteiger charge is 2.03. The average Bonchev–Trinajstić information content (AvgIpc) is 2.70. The lowest BCUT2D eigenvalue weighted by atomic mass is 10.2. The van der Waals surface area contributed by atoms with E-state index in [1.165, 1.54) is 0 Å². The van der Waals surface area contributed by atoms with Gasteiger partial charge < -0.3 is 21.3 Å². The summed E-state index contributed by atoms with van der Waals surface area (Å²) in [5, 5.41) is 20.5. The molecule has 2 aromatic heterocycles. The van der Waals surface area contributed by atoms with E-state index in [0.717, 1.165) is 11.3 Å². The van der Waals surface area contributed by atoms with Crippen molar-refractivity contribution >= 4 is 40.6 Å². The third-order valence-corrected chi connectivity index (χ3v) is 4.17. The number of pyridine rings is 1. The lowest BCUT2D eigenvalue weighted by Gasteiger charge is -2.10. The molecule has 9 heteroatoms. The molecular formula is C19H20ClN7O. The maximum absolute atomic E-state index is 11.9. The normalized spacial score (nSPS) is 10.2. The number of nitrogens with zero attached hydrogens (tertiary/aromatic N) is 3. The van der Waals surface area contributed by atoms with Crippen LogP contribution in [0.3, 0.4) is 0 Å². The Morgan fingerprint density at radius 1 is 0.964 bits per heavy atom. The summed E-state index contributed by atoms with van der Waals surface area (Å²) in [6, 6.07) is 12.4. The van der Waals surface area contributed by atoms with Gasteiger partial charge in [0.2, 0.25) is 0 Å². The quantitative estimate of drug-likeness (QED) is 0.452. The summed E-state index contributed by atoms with van der Waals surface area (Å²) < 4.78 is 0. The number of aryl methyl sites for hydroxylation is 1. The lowest BCUT2D eigenvalue weighted by molar-refractivity contribution is 0.252. The second kappa shape index (κ2) is 9.52. The zero-order valence-electron chi connectivity index (χ0n) is 15.2. The Kier molecular flexibility index (Phi) is 6.59. The van der Waals surface area contributed by atoms with Gasteiger partial charge in [-0.1, -0.05) is 17.7 Å². The van der Waals surface area contributed by atoms with Crippen LogP contribution < -0.4 is 21.3 Å². The second-order valence-corrected chi connectivity index (χ2v) is 6.34. The van der Waals surface area contributed by atoms with Crippen LogP contribution in [-0.4, -0.2) is 34.3 Å². The molecule has 0 atom stereocenters. The Hall–Kier alpha value is -3.39. The highest BCUT2D eigenvalue weighted by molar-refractivity contribution is 6.31. The molecule has 28 heavy (non-hydrogen) atoms. The van der Waals surface area contributed by atoms with Gasteiger partial charge >= 0.3 is 6.03 Å². The van der Waals surface area contributed by atoms with Gasteiger partial charge in [-0.15, -0.1) is 10.2 Å². The smallest absolute Gasteiger partial charge is 0.319 e. The van der Waals surface area contributed by atoms with E-state index in [9.17, 15) is 4.79 Å². The molecule has 3 aromatic rings. The van der Waals surface area contributed by atoms with Gasteiger partial charge in [-0.25, -0.2) is 4.79 Å².